The molecule has 1 atom stereocenters. The van der Waals surface area contributed by atoms with Crippen molar-refractivity contribution in [2.24, 2.45) is 0 Å². The fourth-order valence-electron chi connectivity index (χ4n) is 2.50. The SMILES string of the molecule is CCc1ccc(C(CNC(=O)Nc2cccc(F)c2)N(C)C)cc1. The van der Waals surface area contributed by atoms with Crippen molar-refractivity contribution in [1.82, 2.24) is 10.2 Å². The standard InChI is InChI=1S/C19H24FN3O/c1-4-14-8-10-15(11-9-14)18(23(2)3)13-21-19(24)22-17-7-5-6-16(20)12-17/h5-12,18H,4,13H2,1-3H3,(H2,21,22,24). The number of hydrogen-bond donors (Lipinski definition) is 2. The number of rotatable bonds is 6. The minimum atomic E-state index is -0.380. The molecule has 0 saturated heterocycles. The van der Waals surface area contributed by atoms with Crippen molar-refractivity contribution < 1.29 is 9.18 Å². The van der Waals surface area contributed by atoms with E-state index < -0.39 is 0 Å². The van der Waals surface area contributed by atoms with E-state index in [4.69, 9.17) is 0 Å². The smallest absolute Gasteiger partial charge is 0.319 e. The average molecular weight is 329 g/mol. The minimum Gasteiger partial charge on any atom is -0.336 e. The summed E-state index contributed by atoms with van der Waals surface area (Å²) in [6.07, 6.45) is 1.00. The largest absolute Gasteiger partial charge is 0.336 e. The van der Waals surface area contributed by atoms with Crippen LogP contribution < -0.4 is 10.6 Å². The zero-order valence-electron chi connectivity index (χ0n) is 14.3. The number of aryl methyl sites for hydroxylation is 1. The Morgan fingerprint density at radius 3 is 2.46 bits per heavy atom. The summed E-state index contributed by atoms with van der Waals surface area (Å²) >= 11 is 0. The number of nitrogens with one attached hydrogen (secondary N) is 2. The molecular weight excluding hydrogens is 305 g/mol. The molecule has 0 aliphatic heterocycles. The highest BCUT2D eigenvalue weighted by Crippen LogP contribution is 2.18. The summed E-state index contributed by atoms with van der Waals surface area (Å²) in [5.74, 6) is -0.380. The number of nitrogens with zero attached hydrogens (tertiary/aromatic N) is 1. The molecule has 4 nitrogen and oxygen atoms in total. The quantitative estimate of drug-likeness (QED) is 0.846. The average Bonchev–Trinajstić information content (AvgIpc) is 2.55. The molecule has 0 aromatic heterocycles. The lowest BCUT2D eigenvalue weighted by Gasteiger charge is -2.25. The van der Waals surface area contributed by atoms with Crippen LogP contribution in [0.25, 0.3) is 0 Å². The van der Waals surface area contributed by atoms with Crippen LogP contribution in [0.2, 0.25) is 0 Å². The second-order valence-corrected chi connectivity index (χ2v) is 5.92. The number of carbonyl (C=O) groups excluding carboxylic acids is 1. The van der Waals surface area contributed by atoms with Crippen molar-refractivity contribution in [2.75, 3.05) is 26.0 Å². The molecule has 5 heteroatoms. The predicted octanol–water partition coefficient (Wildman–Crippen LogP) is 3.81. The Morgan fingerprint density at radius 2 is 1.88 bits per heavy atom. The lowest BCUT2D eigenvalue weighted by molar-refractivity contribution is 0.243. The van der Waals surface area contributed by atoms with E-state index in [2.05, 4.69) is 46.7 Å². The van der Waals surface area contributed by atoms with E-state index >= 15 is 0 Å². The Hall–Kier alpha value is -2.40. The van der Waals surface area contributed by atoms with Gasteiger partial charge in [-0.1, -0.05) is 37.3 Å². The Balaban J connectivity index is 1.96. The molecule has 0 saturated carbocycles. The second-order valence-electron chi connectivity index (χ2n) is 5.92. The van der Waals surface area contributed by atoms with E-state index in [1.165, 1.54) is 17.7 Å². The van der Waals surface area contributed by atoms with Gasteiger partial charge in [0.25, 0.3) is 0 Å². The Morgan fingerprint density at radius 1 is 1.17 bits per heavy atom. The summed E-state index contributed by atoms with van der Waals surface area (Å²) in [5, 5.41) is 5.48. The van der Waals surface area contributed by atoms with Gasteiger partial charge in [0.2, 0.25) is 0 Å². The monoisotopic (exact) mass is 329 g/mol. The Bertz CT molecular complexity index is 671. The van der Waals surface area contributed by atoms with Crippen LogP contribution in [0, 0.1) is 5.82 Å². The molecule has 0 aliphatic rings. The number of halogens is 1. The van der Waals surface area contributed by atoms with Crippen LogP contribution in [0.4, 0.5) is 14.9 Å². The second kappa shape index (κ2) is 8.45. The molecule has 2 rings (SSSR count). The number of likely N-dealkylation sites (N-methyl/N-ethyl adjacent to an activating group) is 1. The number of amides is 2. The van der Waals surface area contributed by atoms with Gasteiger partial charge in [0, 0.05) is 12.2 Å². The van der Waals surface area contributed by atoms with Crippen molar-refractivity contribution in [3.8, 4) is 0 Å². The molecular formula is C19H24FN3O. The summed E-state index contributed by atoms with van der Waals surface area (Å²) in [6, 6.07) is 13.9. The van der Waals surface area contributed by atoms with Gasteiger partial charge in [0.05, 0.1) is 6.04 Å². The highest BCUT2D eigenvalue weighted by atomic mass is 19.1. The van der Waals surface area contributed by atoms with E-state index in [1.807, 2.05) is 14.1 Å². The molecule has 128 valence electrons. The van der Waals surface area contributed by atoms with Crippen LogP contribution in [0.1, 0.15) is 24.1 Å². The summed E-state index contributed by atoms with van der Waals surface area (Å²) in [6.45, 7) is 2.58. The van der Waals surface area contributed by atoms with Gasteiger partial charge in [-0.05, 0) is 49.8 Å². The zero-order chi connectivity index (χ0) is 17.5. The van der Waals surface area contributed by atoms with Crippen molar-refractivity contribution in [3.05, 3.63) is 65.5 Å². The van der Waals surface area contributed by atoms with Crippen molar-refractivity contribution >= 4 is 11.7 Å². The molecule has 2 amide bonds. The van der Waals surface area contributed by atoms with Crippen molar-refractivity contribution in [2.45, 2.75) is 19.4 Å². The van der Waals surface area contributed by atoms with E-state index in [0.29, 0.717) is 12.2 Å². The van der Waals surface area contributed by atoms with Gasteiger partial charge in [0.15, 0.2) is 0 Å². The maximum atomic E-state index is 13.1. The number of hydrogen-bond acceptors (Lipinski definition) is 2. The van der Waals surface area contributed by atoms with Crippen LogP contribution in [0.3, 0.4) is 0 Å². The molecule has 0 aliphatic carbocycles. The topological polar surface area (TPSA) is 44.4 Å². The number of urea groups is 1. The summed E-state index contributed by atoms with van der Waals surface area (Å²) in [5.41, 5.74) is 2.86. The molecule has 2 N–H and O–H groups in total. The first-order valence-corrected chi connectivity index (χ1v) is 8.05. The lowest BCUT2D eigenvalue weighted by Crippen LogP contribution is -2.36. The third kappa shape index (κ3) is 5.06. The van der Waals surface area contributed by atoms with Gasteiger partial charge in [-0.15, -0.1) is 0 Å². The zero-order valence-corrected chi connectivity index (χ0v) is 14.3. The van der Waals surface area contributed by atoms with Crippen LogP contribution in [-0.4, -0.2) is 31.6 Å². The molecule has 0 heterocycles. The maximum absolute atomic E-state index is 13.1. The van der Waals surface area contributed by atoms with Gasteiger partial charge in [-0.2, -0.15) is 0 Å². The minimum absolute atomic E-state index is 0.0640. The summed E-state index contributed by atoms with van der Waals surface area (Å²) in [7, 11) is 3.95. The molecule has 1 unspecified atom stereocenters. The number of benzene rings is 2. The molecule has 0 bridgehead atoms. The summed E-state index contributed by atoms with van der Waals surface area (Å²) < 4.78 is 13.1. The Labute approximate surface area is 142 Å². The third-order valence-electron chi connectivity index (χ3n) is 3.93. The van der Waals surface area contributed by atoms with Crippen molar-refractivity contribution in [3.63, 3.8) is 0 Å². The van der Waals surface area contributed by atoms with Gasteiger partial charge in [-0.3, -0.25) is 0 Å². The Kier molecular flexibility index (Phi) is 6.32. The summed E-state index contributed by atoms with van der Waals surface area (Å²) in [4.78, 5) is 14.1. The first-order valence-electron chi connectivity index (χ1n) is 8.05. The van der Waals surface area contributed by atoms with Gasteiger partial charge in [0.1, 0.15) is 5.82 Å². The maximum Gasteiger partial charge on any atom is 0.319 e. The van der Waals surface area contributed by atoms with E-state index in [1.54, 1.807) is 12.1 Å². The van der Waals surface area contributed by atoms with E-state index in [0.717, 1.165) is 12.0 Å². The van der Waals surface area contributed by atoms with Crippen LogP contribution in [-0.2, 0) is 6.42 Å². The highest BCUT2D eigenvalue weighted by Gasteiger charge is 2.15. The van der Waals surface area contributed by atoms with Gasteiger partial charge >= 0.3 is 6.03 Å². The first-order chi connectivity index (χ1) is 11.5. The molecule has 0 spiro atoms. The number of carbonyl (C=O) groups is 1. The van der Waals surface area contributed by atoms with E-state index in [9.17, 15) is 9.18 Å². The van der Waals surface area contributed by atoms with Crippen molar-refractivity contribution in [1.29, 1.82) is 0 Å². The molecule has 2 aromatic carbocycles. The molecule has 24 heavy (non-hydrogen) atoms. The third-order valence-corrected chi connectivity index (χ3v) is 3.93. The van der Waals surface area contributed by atoms with Gasteiger partial charge < -0.3 is 15.5 Å². The molecule has 2 aromatic rings. The molecule has 0 radical (unpaired) electrons. The fourth-order valence-corrected chi connectivity index (χ4v) is 2.50. The highest BCUT2D eigenvalue weighted by molar-refractivity contribution is 5.89. The van der Waals surface area contributed by atoms with Crippen LogP contribution in [0.15, 0.2) is 48.5 Å². The predicted molar refractivity (Wildman–Crippen MR) is 95.7 cm³/mol. The first kappa shape index (κ1) is 17.9. The van der Waals surface area contributed by atoms with Crippen LogP contribution in [0.5, 0.6) is 0 Å². The fraction of sp³-hybridized carbons (Fsp3) is 0.316. The normalized spacial score (nSPS) is 12.0. The van der Waals surface area contributed by atoms with Gasteiger partial charge in [-0.25, -0.2) is 9.18 Å². The lowest BCUT2D eigenvalue weighted by atomic mass is 10.0. The van der Waals surface area contributed by atoms with E-state index in [-0.39, 0.29) is 17.9 Å². The van der Waals surface area contributed by atoms with Crippen LogP contribution >= 0.6 is 0 Å². The molecule has 0 fully saturated rings. The number of anilines is 1.